The third-order valence-corrected chi connectivity index (χ3v) is 5.79. The van der Waals surface area contributed by atoms with Crippen molar-refractivity contribution in [2.75, 3.05) is 20.2 Å². The zero-order valence-corrected chi connectivity index (χ0v) is 16.7. The first-order valence-corrected chi connectivity index (χ1v) is 9.83. The fourth-order valence-electron chi connectivity index (χ4n) is 4.12. The van der Waals surface area contributed by atoms with Crippen LogP contribution in [0.2, 0.25) is 5.02 Å². The zero-order chi connectivity index (χ0) is 20.5. The van der Waals surface area contributed by atoms with Crippen molar-refractivity contribution >= 4 is 29.0 Å². The van der Waals surface area contributed by atoms with Gasteiger partial charge < -0.3 is 9.64 Å². The number of amides is 1. The predicted octanol–water partition coefficient (Wildman–Crippen LogP) is 4.41. The number of rotatable bonds is 1. The van der Waals surface area contributed by atoms with E-state index in [9.17, 15) is 14.9 Å². The minimum absolute atomic E-state index is 0.00222. The average Bonchev–Trinajstić information content (AvgIpc) is 2.89. The lowest BCUT2D eigenvalue weighted by atomic mass is 9.88. The van der Waals surface area contributed by atoms with Gasteiger partial charge in [0.05, 0.1) is 17.7 Å². The van der Waals surface area contributed by atoms with Gasteiger partial charge in [-0.2, -0.15) is 0 Å². The van der Waals surface area contributed by atoms with Crippen molar-refractivity contribution in [2.24, 2.45) is 0 Å². The van der Waals surface area contributed by atoms with E-state index in [1.807, 2.05) is 18.2 Å². The molecule has 0 bridgehead atoms. The quantitative estimate of drug-likeness (QED) is 0.510. The second kappa shape index (κ2) is 7.83. The Bertz CT molecular complexity index is 1020. The van der Waals surface area contributed by atoms with E-state index in [2.05, 4.69) is 4.98 Å². The molecule has 4 rings (SSSR count). The number of fused-ring (bicyclic) bond motifs is 2. The number of nitro groups is 1. The summed E-state index contributed by atoms with van der Waals surface area (Å²) >= 11 is 6.23. The molecule has 1 aliphatic carbocycles. The number of piperidine rings is 1. The van der Waals surface area contributed by atoms with E-state index in [4.69, 9.17) is 16.3 Å². The molecule has 1 aromatic carbocycles. The Kier molecular flexibility index (Phi) is 5.24. The molecule has 2 aliphatic rings. The van der Waals surface area contributed by atoms with Crippen LogP contribution in [0.5, 0.6) is 0 Å². The van der Waals surface area contributed by atoms with Crippen LogP contribution in [-0.4, -0.2) is 41.1 Å². The molecule has 7 nitrogen and oxygen atoms in total. The molecule has 150 valence electrons. The summed E-state index contributed by atoms with van der Waals surface area (Å²) in [6.45, 7) is 1.13. The van der Waals surface area contributed by atoms with Crippen LogP contribution in [0.1, 0.15) is 35.2 Å². The number of hydrogen-bond donors (Lipinski definition) is 0. The number of carbonyl (C=O) groups excluding carboxylic acids is 1. The van der Waals surface area contributed by atoms with Gasteiger partial charge in [-0.15, -0.1) is 0 Å². The first kappa shape index (κ1) is 19.4. The zero-order valence-electron chi connectivity index (χ0n) is 16.0. The largest absolute Gasteiger partial charge is 0.453 e. The number of hydrogen-bond acceptors (Lipinski definition) is 5. The van der Waals surface area contributed by atoms with Gasteiger partial charge in [0.25, 0.3) is 5.69 Å². The third kappa shape index (κ3) is 3.70. The van der Waals surface area contributed by atoms with E-state index in [1.54, 1.807) is 11.0 Å². The SMILES string of the molecule is COC(=O)N1CCC(=C2c3ccc(Cl)cc3CCc3cc([N+](=O)[O-])cnc32)CC1. The summed E-state index contributed by atoms with van der Waals surface area (Å²) in [6.07, 6.45) is 3.79. The number of carbonyl (C=O) groups is 1. The molecule has 1 amide bonds. The lowest BCUT2D eigenvalue weighted by Crippen LogP contribution is -2.36. The van der Waals surface area contributed by atoms with Crippen LogP contribution in [0.3, 0.4) is 0 Å². The Morgan fingerprint density at radius 1 is 1.17 bits per heavy atom. The molecule has 8 heteroatoms. The maximum absolute atomic E-state index is 11.8. The van der Waals surface area contributed by atoms with Crippen molar-refractivity contribution < 1.29 is 14.5 Å². The summed E-state index contributed by atoms with van der Waals surface area (Å²) in [6, 6.07) is 7.45. The molecule has 1 saturated heterocycles. The molecule has 0 unspecified atom stereocenters. The molecule has 0 spiro atoms. The van der Waals surface area contributed by atoms with E-state index >= 15 is 0 Å². The molecule has 29 heavy (non-hydrogen) atoms. The molecule has 2 aromatic rings. The Hall–Kier alpha value is -2.93. The molecule has 0 atom stereocenters. The van der Waals surface area contributed by atoms with Crippen LogP contribution in [0.4, 0.5) is 10.5 Å². The van der Waals surface area contributed by atoms with Crippen molar-refractivity contribution in [3.05, 3.63) is 73.6 Å². The first-order valence-electron chi connectivity index (χ1n) is 9.45. The van der Waals surface area contributed by atoms with Crippen molar-refractivity contribution in [1.29, 1.82) is 0 Å². The number of methoxy groups -OCH3 is 1. The Balaban J connectivity index is 1.83. The van der Waals surface area contributed by atoms with Crippen molar-refractivity contribution in [3.8, 4) is 0 Å². The third-order valence-electron chi connectivity index (χ3n) is 5.55. The highest BCUT2D eigenvalue weighted by Gasteiger charge is 2.27. The standard InChI is InChI=1S/C21H20ClN3O4/c1-29-21(26)24-8-6-13(7-9-24)19-18-5-4-16(22)10-14(18)2-3-15-11-17(25(27)28)12-23-20(15)19/h4-5,10-12H,2-3,6-9H2,1H3. The highest BCUT2D eigenvalue weighted by Crippen LogP contribution is 2.39. The normalized spacial score (nSPS) is 16.0. The molecule has 0 radical (unpaired) electrons. The molecule has 1 fully saturated rings. The highest BCUT2D eigenvalue weighted by atomic mass is 35.5. The molecule has 0 saturated carbocycles. The van der Waals surface area contributed by atoms with Gasteiger partial charge in [0.1, 0.15) is 6.20 Å². The molecule has 0 N–H and O–H groups in total. The summed E-state index contributed by atoms with van der Waals surface area (Å²) < 4.78 is 4.83. The molecular weight excluding hydrogens is 394 g/mol. The number of benzene rings is 1. The number of aryl methyl sites for hydroxylation is 2. The fourth-order valence-corrected chi connectivity index (χ4v) is 4.31. The Morgan fingerprint density at radius 3 is 2.59 bits per heavy atom. The number of pyridine rings is 1. The van der Waals surface area contributed by atoms with Crippen LogP contribution in [-0.2, 0) is 17.6 Å². The molecule has 2 heterocycles. The Labute approximate surface area is 173 Å². The van der Waals surface area contributed by atoms with Gasteiger partial charge in [-0.25, -0.2) is 9.78 Å². The second-order valence-electron chi connectivity index (χ2n) is 7.20. The van der Waals surface area contributed by atoms with Crippen molar-refractivity contribution in [2.45, 2.75) is 25.7 Å². The molecule has 1 aromatic heterocycles. The topological polar surface area (TPSA) is 85.6 Å². The van der Waals surface area contributed by atoms with Crippen LogP contribution >= 0.6 is 11.6 Å². The van der Waals surface area contributed by atoms with Gasteiger partial charge in [-0.05, 0) is 54.5 Å². The number of likely N-dealkylation sites (tertiary alicyclic amines) is 1. The van der Waals surface area contributed by atoms with E-state index in [0.717, 1.165) is 34.4 Å². The monoisotopic (exact) mass is 413 g/mol. The summed E-state index contributed by atoms with van der Waals surface area (Å²) in [7, 11) is 1.38. The highest BCUT2D eigenvalue weighted by molar-refractivity contribution is 6.30. The van der Waals surface area contributed by atoms with E-state index in [0.29, 0.717) is 37.4 Å². The first-order chi connectivity index (χ1) is 14.0. The maximum atomic E-state index is 11.8. The van der Waals surface area contributed by atoms with Gasteiger partial charge in [0.15, 0.2) is 0 Å². The van der Waals surface area contributed by atoms with Crippen LogP contribution in [0, 0.1) is 10.1 Å². The lowest BCUT2D eigenvalue weighted by molar-refractivity contribution is -0.385. The summed E-state index contributed by atoms with van der Waals surface area (Å²) in [5, 5.41) is 11.9. The average molecular weight is 414 g/mol. The number of ether oxygens (including phenoxy) is 1. The van der Waals surface area contributed by atoms with Gasteiger partial charge in [-0.1, -0.05) is 23.2 Å². The number of halogens is 1. The predicted molar refractivity (Wildman–Crippen MR) is 109 cm³/mol. The molecular formula is C21H20ClN3O4. The summed E-state index contributed by atoms with van der Waals surface area (Å²) in [5.74, 6) is 0. The van der Waals surface area contributed by atoms with Crippen molar-refractivity contribution in [3.63, 3.8) is 0 Å². The smallest absolute Gasteiger partial charge is 0.409 e. The van der Waals surface area contributed by atoms with Gasteiger partial charge in [0, 0.05) is 29.8 Å². The van der Waals surface area contributed by atoms with Gasteiger partial charge >= 0.3 is 6.09 Å². The summed E-state index contributed by atoms with van der Waals surface area (Å²) in [4.78, 5) is 28.9. The van der Waals surface area contributed by atoms with E-state index in [1.165, 1.54) is 18.9 Å². The second-order valence-corrected chi connectivity index (χ2v) is 7.63. The van der Waals surface area contributed by atoms with Crippen LogP contribution in [0.15, 0.2) is 36.0 Å². The van der Waals surface area contributed by atoms with Gasteiger partial charge in [-0.3, -0.25) is 10.1 Å². The minimum Gasteiger partial charge on any atom is -0.453 e. The number of nitrogens with zero attached hydrogens (tertiary/aromatic N) is 3. The van der Waals surface area contributed by atoms with E-state index < -0.39 is 4.92 Å². The summed E-state index contributed by atoms with van der Waals surface area (Å²) in [5.41, 5.74) is 6.04. The van der Waals surface area contributed by atoms with Gasteiger partial charge in [0.2, 0.25) is 0 Å². The number of aromatic nitrogens is 1. The van der Waals surface area contributed by atoms with Crippen LogP contribution in [0.25, 0.3) is 5.57 Å². The van der Waals surface area contributed by atoms with Crippen LogP contribution < -0.4 is 0 Å². The van der Waals surface area contributed by atoms with Crippen molar-refractivity contribution in [1.82, 2.24) is 9.88 Å². The lowest BCUT2D eigenvalue weighted by Gasteiger charge is -2.29. The maximum Gasteiger partial charge on any atom is 0.409 e. The molecule has 1 aliphatic heterocycles. The van der Waals surface area contributed by atoms with E-state index in [-0.39, 0.29) is 11.8 Å². The minimum atomic E-state index is -0.413. The Morgan fingerprint density at radius 2 is 1.90 bits per heavy atom. The fraction of sp³-hybridized carbons (Fsp3) is 0.333.